The zero-order valence-electron chi connectivity index (χ0n) is 13.5. The molecule has 0 saturated heterocycles. The molecule has 0 radical (unpaired) electrons. The fraction of sp³-hybridized carbons (Fsp3) is 0.200. The van der Waals surface area contributed by atoms with Gasteiger partial charge in [-0.25, -0.2) is 0 Å². The standard InChI is InChI=1S/C20H19NOS/c1-13-4-8-17(9-5-13)23-18-10-6-16(7-11-18)20-15(3)21-14(2)12-19(20)22/h4-12,20H,1-3H3. The Balaban J connectivity index is 1.78. The van der Waals surface area contributed by atoms with E-state index in [0.29, 0.717) is 0 Å². The van der Waals surface area contributed by atoms with E-state index in [2.05, 4.69) is 48.3 Å². The van der Waals surface area contributed by atoms with Gasteiger partial charge >= 0.3 is 0 Å². The number of aryl methyl sites for hydroxylation is 1. The zero-order valence-corrected chi connectivity index (χ0v) is 14.4. The van der Waals surface area contributed by atoms with Gasteiger partial charge in [0.1, 0.15) is 0 Å². The van der Waals surface area contributed by atoms with Crippen LogP contribution >= 0.6 is 11.8 Å². The van der Waals surface area contributed by atoms with Crippen LogP contribution in [0, 0.1) is 6.92 Å². The second-order valence-electron chi connectivity index (χ2n) is 5.86. The van der Waals surface area contributed by atoms with Gasteiger partial charge in [0.2, 0.25) is 0 Å². The van der Waals surface area contributed by atoms with E-state index < -0.39 is 0 Å². The summed E-state index contributed by atoms with van der Waals surface area (Å²) in [5.74, 6) is -0.119. The Labute approximate surface area is 141 Å². The molecule has 0 aromatic heterocycles. The van der Waals surface area contributed by atoms with E-state index in [1.54, 1.807) is 17.8 Å². The van der Waals surface area contributed by atoms with Crippen LogP contribution in [0.2, 0.25) is 0 Å². The number of ketones is 1. The molecule has 0 saturated carbocycles. The Morgan fingerprint density at radius 1 is 0.870 bits per heavy atom. The second kappa shape index (κ2) is 6.55. The molecule has 0 fully saturated rings. The monoisotopic (exact) mass is 321 g/mol. The molecule has 1 aliphatic heterocycles. The molecule has 116 valence electrons. The molecule has 3 heteroatoms. The van der Waals surface area contributed by atoms with E-state index in [4.69, 9.17) is 0 Å². The lowest BCUT2D eigenvalue weighted by atomic mass is 9.88. The number of aliphatic imine (C=N–C) groups is 1. The van der Waals surface area contributed by atoms with Crippen molar-refractivity contribution in [2.24, 2.45) is 4.99 Å². The van der Waals surface area contributed by atoms with Crippen LogP contribution in [0.1, 0.15) is 30.9 Å². The normalized spacial score (nSPS) is 17.7. The molecule has 0 amide bonds. The molecule has 1 unspecified atom stereocenters. The van der Waals surface area contributed by atoms with Gasteiger partial charge in [0, 0.05) is 27.3 Å². The van der Waals surface area contributed by atoms with Crippen LogP contribution in [0.15, 0.2) is 75.1 Å². The Hall–Kier alpha value is -2.13. The second-order valence-corrected chi connectivity index (χ2v) is 7.01. The predicted molar refractivity (Wildman–Crippen MR) is 96.4 cm³/mol. The van der Waals surface area contributed by atoms with Gasteiger partial charge in [-0.3, -0.25) is 9.79 Å². The summed E-state index contributed by atoms with van der Waals surface area (Å²) in [6, 6.07) is 16.7. The average Bonchev–Trinajstić information content (AvgIpc) is 2.50. The predicted octanol–water partition coefficient (Wildman–Crippen LogP) is 5.18. The van der Waals surface area contributed by atoms with Gasteiger partial charge in [0.25, 0.3) is 0 Å². The molecule has 0 bridgehead atoms. The van der Waals surface area contributed by atoms with Gasteiger partial charge < -0.3 is 0 Å². The van der Waals surface area contributed by atoms with E-state index in [-0.39, 0.29) is 11.7 Å². The minimum atomic E-state index is -0.239. The molecule has 0 N–H and O–H groups in total. The minimum absolute atomic E-state index is 0.119. The van der Waals surface area contributed by atoms with Crippen LogP contribution in [-0.2, 0) is 4.79 Å². The van der Waals surface area contributed by atoms with Crippen molar-refractivity contribution in [2.75, 3.05) is 0 Å². The minimum Gasteiger partial charge on any atom is -0.294 e. The van der Waals surface area contributed by atoms with E-state index >= 15 is 0 Å². The van der Waals surface area contributed by atoms with Crippen molar-refractivity contribution in [1.29, 1.82) is 0 Å². The number of nitrogens with zero attached hydrogens (tertiary/aromatic N) is 1. The molecule has 23 heavy (non-hydrogen) atoms. The Bertz CT molecular complexity index is 785. The van der Waals surface area contributed by atoms with E-state index in [1.165, 1.54) is 15.4 Å². The summed E-state index contributed by atoms with van der Waals surface area (Å²) in [5.41, 5.74) is 3.93. The van der Waals surface area contributed by atoms with Crippen LogP contribution < -0.4 is 0 Å². The Morgan fingerprint density at radius 2 is 1.43 bits per heavy atom. The maximum absolute atomic E-state index is 12.3. The van der Waals surface area contributed by atoms with Gasteiger partial charge in [-0.1, -0.05) is 41.6 Å². The molecule has 1 heterocycles. The first-order valence-corrected chi connectivity index (χ1v) is 8.46. The summed E-state index contributed by atoms with van der Waals surface area (Å²) in [7, 11) is 0. The van der Waals surface area contributed by atoms with Crippen molar-refractivity contribution >= 4 is 23.3 Å². The van der Waals surface area contributed by atoms with Gasteiger partial charge in [-0.2, -0.15) is 0 Å². The molecule has 3 rings (SSSR count). The lowest BCUT2D eigenvalue weighted by molar-refractivity contribution is -0.114. The number of hydrogen-bond acceptors (Lipinski definition) is 3. The number of allylic oxidation sites excluding steroid dienone is 2. The van der Waals surface area contributed by atoms with Crippen molar-refractivity contribution in [1.82, 2.24) is 0 Å². The maximum Gasteiger partial charge on any atom is 0.170 e. The van der Waals surface area contributed by atoms with Crippen LogP contribution in [0.3, 0.4) is 0 Å². The largest absolute Gasteiger partial charge is 0.294 e. The Morgan fingerprint density at radius 3 is 2.00 bits per heavy atom. The smallest absolute Gasteiger partial charge is 0.170 e. The molecule has 0 spiro atoms. The van der Waals surface area contributed by atoms with Crippen molar-refractivity contribution in [3.05, 3.63) is 71.4 Å². The molecule has 2 nitrogen and oxygen atoms in total. The van der Waals surface area contributed by atoms with E-state index in [1.807, 2.05) is 26.0 Å². The highest BCUT2D eigenvalue weighted by Gasteiger charge is 2.25. The highest BCUT2D eigenvalue weighted by Crippen LogP contribution is 2.30. The van der Waals surface area contributed by atoms with E-state index in [9.17, 15) is 4.79 Å². The maximum atomic E-state index is 12.3. The van der Waals surface area contributed by atoms with Crippen LogP contribution in [0.5, 0.6) is 0 Å². The highest BCUT2D eigenvalue weighted by molar-refractivity contribution is 7.99. The van der Waals surface area contributed by atoms with Crippen LogP contribution in [0.4, 0.5) is 0 Å². The van der Waals surface area contributed by atoms with Gasteiger partial charge in [-0.15, -0.1) is 0 Å². The lowest BCUT2D eigenvalue weighted by Gasteiger charge is -2.18. The van der Waals surface area contributed by atoms with Gasteiger partial charge in [-0.05, 0) is 50.6 Å². The topological polar surface area (TPSA) is 29.4 Å². The van der Waals surface area contributed by atoms with Crippen LogP contribution in [-0.4, -0.2) is 11.5 Å². The SMILES string of the molecule is CC1=CC(=O)C(c2ccc(Sc3ccc(C)cc3)cc2)C(C)=N1. The fourth-order valence-electron chi connectivity index (χ4n) is 2.75. The summed E-state index contributed by atoms with van der Waals surface area (Å²) in [6.07, 6.45) is 1.63. The fourth-order valence-corrected chi connectivity index (χ4v) is 3.56. The number of carbonyl (C=O) groups is 1. The quantitative estimate of drug-likeness (QED) is 0.780. The molecule has 2 aromatic rings. The summed E-state index contributed by atoms with van der Waals surface area (Å²) < 4.78 is 0. The summed E-state index contributed by atoms with van der Waals surface area (Å²) in [4.78, 5) is 19.1. The molecule has 1 aliphatic rings. The Kier molecular flexibility index (Phi) is 4.49. The molecular formula is C20H19NOS. The third kappa shape index (κ3) is 3.62. The lowest BCUT2D eigenvalue weighted by Crippen LogP contribution is -2.21. The average molecular weight is 321 g/mol. The number of rotatable bonds is 3. The molecule has 2 aromatic carbocycles. The molecule has 0 aliphatic carbocycles. The van der Waals surface area contributed by atoms with Crippen molar-refractivity contribution in [3.63, 3.8) is 0 Å². The third-order valence-corrected chi connectivity index (χ3v) is 4.89. The summed E-state index contributed by atoms with van der Waals surface area (Å²) in [5, 5.41) is 0. The van der Waals surface area contributed by atoms with Crippen LogP contribution in [0.25, 0.3) is 0 Å². The first-order chi connectivity index (χ1) is 11.0. The molecular weight excluding hydrogens is 302 g/mol. The first kappa shape index (κ1) is 15.8. The van der Waals surface area contributed by atoms with Gasteiger partial charge in [0.05, 0.1) is 5.92 Å². The highest BCUT2D eigenvalue weighted by atomic mass is 32.2. The van der Waals surface area contributed by atoms with Gasteiger partial charge in [0.15, 0.2) is 5.78 Å². The number of benzene rings is 2. The van der Waals surface area contributed by atoms with Crippen molar-refractivity contribution < 1.29 is 4.79 Å². The van der Waals surface area contributed by atoms with Crippen molar-refractivity contribution in [3.8, 4) is 0 Å². The first-order valence-electron chi connectivity index (χ1n) is 7.65. The number of hydrogen-bond donors (Lipinski definition) is 0. The number of carbonyl (C=O) groups excluding carboxylic acids is 1. The zero-order chi connectivity index (χ0) is 16.4. The van der Waals surface area contributed by atoms with Crippen molar-refractivity contribution in [2.45, 2.75) is 36.5 Å². The summed E-state index contributed by atoms with van der Waals surface area (Å²) >= 11 is 1.73. The molecule has 1 atom stereocenters. The summed E-state index contributed by atoms with van der Waals surface area (Å²) in [6.45, 7) is 5.87. The third-order valence-electron chi connectivity index (χ3n) is 3.88. The van der Waals surface area contributed by atoms with E-state index in [0.717, 1.165) is 17.0 Å².